The molecule has 148 valence electrons. The van der Waals surface area contributed by atoms with Gasteiger partial charge in [-0.05, 0) is 49.9 Å². The predicted octanol–water partition coefficient (Wildman–Crippen LogP) is 4.74. The Morgan fingerprint density at radius 3 is 2.66 bits per heavy atom. The zero-order chi connectivity index (χ0) is 19.4. The van der Waals surface area contributed by atoms with E-state index in [0.717, 1.165) is 47.5 Å². The summed E-state index contributed by atoms with van der Waals surface area (Å²) in [5, 5.41) is 4.53. The average molecular weight is 406 g/mol. The highest BCUT2D eigenvalue weighted by Gasteiger charge is 2.35. The molecule has 0 spiro atoms. The summed E-state index contributed by atoms with van der Waals surface area (Å²) in [6, 6.07) is 13.1. The van der Waals surface area contributed by atoms with E-state index in [0.29, 0.717) is 12.1 Å². The first-order valence-electron chi connectivity index (χ1n) is 10.5. The van der Waals surface area contributed by atoms with Crippen molar-refractivity contribution < 1.29 is 0 Å². The first-order chi connectivity index (χ1) is 14.3. The van der Waals surface area contributed by atoms with Crippen LogP contribution in [0.15, 0.2) is 47.4 Å². The molecule has 2 aliphatic rings. The van der Waals surface area contributed by atoms with Crippen molar-refractivity contribution in [2.45, 2.75) is 56.7 Å². The number of nitrogens with one attached hydrogen (secondary N) is 1. The van der Waals surface area contributed by atoms with E-state index in [4.69, 9.17) is 0 Å². The monoisotopic (exact) mass is 405 g/mol. The maximum Gasteiger partial charge on any atom is 0.330 e. The Morgan fingerprint density at radius 1 is 1.00 bits per heavy atom. The van der Waals surface area contributed by atoms with E-state index < -0.39 is 0 Å². The molecule has 0 atom stereocenters. The molecular formula is C22H23N5OS. The van der Waals surface area contributed by atoms with Crippen LogP contribution in [-0.2, 0) is 0 Å². The first kappa shape index (κ1) is 17.2. The van der Waals surface area contributed by atoms with Crippen LogP contribution in [0.25, 0.3) is 21.4 Å². The van der Waals surface area contributed by atoms with Gasteiger partial charge in [0.25, 0.3) is 0 Å². The lowest BCUT2D eigenvalue weighted by atomic mass is 9.86. The van der Waals surface area contributed by atoms with Crippen molar-refractivity contribution in [2.24, 2.45) is 0 Å². The summed E-state index contributed by atoms with van der Waals surface area (Å²) in [5.74, 6) is 0. The van der Waals surface area contributed by atoms with E-state index in [1.807, 2.05) is 39.5 Å². The van der Waals surface area contributed by atoms with Gasteiger partial charge in [0.1, 0.15) is 0 Å². The third kappa shape index (κ3) is 2.79. The van der Waals surface area contributed by atoms with Crippen LogP contribution in [0.5, 0.6) is 0 Å². The second kappa shape index (κ2) is 6.69. The number of thiazole rings is 1. The SMILES string of the molecule is O=c1n(C2CCCC2)c2cccnc2n1[C@H]1C[C@H](Nc2nc3ccccc3s2)C1. The topological polar surface area (TPSA) is 64.7 Å². The number of pyridine rings is 1. The Hall–Kier alpha value is -2.67. The molecule has 29 heavy (non-hydrogen) atoms. The van der Waals surface area contributed by atoms with Crippen molar-refractivity contribution in [3.05, 3.63) is 53.1 Å². The molecule has 2 aliphatic carbocycles. The molecular weight excluding hydrogens is 382 g/mol. The fourth-order valence-corrected chi connectivity index (χ4v) is 5.88. The van der Waals surface area contributed by atoms with E-state index in [1.54, 1.807) is 17.5 Å². The van der Waals surface area contributed by atoms with Crippen molar-refractivity contribution >= 4 is 37.8 Å². The molecule has 6 nitrogen and oxygen atoms in total. The van der Waals surface area contributed by atoms with Gasteiger partial charge < -0.3 is 5.32 Å². The number of nitrogens with zero attached hydrogens (tertiary/aromatic N) is 4. The van der Waals surface area contributed by atoms with Gasteiger partial charge in [0, 0.05) is 24.3 Å². The van der Waals surface area contributed by atoms with Crippen LogP contribution in [0.4, 0.5) is 5.13 Å². The molecule has 0 saturated heterocycles. The van der Waals surface area contributed by atoms with Crippen LogP contribution in [-0.4, -0.2) is 25.1 Å². The van der Waals surface area contributed by atoms with Crippen molar-refractivity contribution in [3.8, 4) is 0 Å². The van der Waals surface area contributed by atoms with Crippen LogP contribution >= 0.6 is 11.3 Å². The predicted molar refractivity (Wildman–Crippen MR) is 117 cm³/mol. The van der Waals surface area contributed by atoms with Crippen molar-refractivity contribution in [2.75, 3.05) is 5.32 Å². The van der Waals surface area contributed by atoms with Crippen molar-refractivity contribution in [1.82, 2.24) is 19.1 Å². The molecule has 1 aromatic carbocycles. The molecule has 2 fully saturated rings. The summed E-state index contributed by atoms with van der Waals surface area (Å²) in [6.07, 6.45) is 8.27. The summed E-state index contributed by atoms with van der Waals surface area (Å²) in [6.45, 7) is 0. The van der Waals surface area contributed by atoms with E-state index in [2.05, 4.69) is 21.4 Å². The van der Waals surface area contributed by atoms with Crippen molar-refractivity contribution in [3.63, 3.8) is 0 Å². The molecule has 1 N–H and O–H groups in total. The molecule has 6 rings (SSSR count). The number of hydrogen-bond donors (Lipinski definition) is 1. The summed E-state index contributed by atoms with van der Waals surface area (Å²) >= 11 is 1.69. The van der Waals surface area contributed by atoms with Gasteiger partial charge in [0.2, 0.25) is 0 Å². The maximum atomic E-state index is 13.3. The van der Waals surface area contributed by atoms with Crippen LogP contribution in [0.2, 0.25) is 0 Å². The minimum absolute atomic E-state index is 0.119. The maximum absolute atomic E-state index is 13.3. The number of imidazole rings is 1. The molecule has 3 aromatic heterocycles. The quantitative estimate of drug-likeness (QED) is 0.533. The van der Waals surface area contributed by atoms with Crippen LogP contribution in [0.3, 0.4) is 0 Å². The Balaban J connectivity index is 1.26. The minimum Gasteiger partial charge on any atom is -0.359 e. The van der Waals surface area contributed by atoms with Gasteiger partial charge in [0.15, 0.2) is 10.8 Å². The van der Waals surface area contributed by atoms with E-state index in [9.17, 15) is 4.79 Å². The number of fused-ring (bicyclic) bond motifs is 2. The molecule has 0 radical (unpaired) electrons. The highest BCUT2D eigenvalue weighted by atomic mass is 32.1. The normalized spacial score (nSPS) is 22.3. The van der Waals surface area contributed by atoms with Crippen LogP contribution in [0.1, 0.15) is 50.6 Å². The molecule has 3 heterocycles. The number of aromatic nitrogens is 4. The second-order valence-corrected chi connectivity index (χ2v) is 9.29. The molecule has 0 unspecified atom stereocenters. The zero-order valence-electron chi connectivity index (χ0n) is 16.1. The smallest absolute Gasteiger partial charge is 0.330 e. The fourth-order valence-electron chi connectivity index (χ4n) is 4.94. The van der Waals surface area contributed by atoms with Crippen LogP contribution < -0.4 is 11.0 Å². The average Bonchev–Trinajstić information content (AvgIpc) is 3.41. The highest BCUT2D eigenvalue weighted by molar-refractivity contribution is 7.22. The number of para-hydroxylation sites is 1. The van der Waals surface area contributed by atoms with Gasteiger partial charge in [-0.25, -0.2) is 14.8 Å². The molecule has 2 saturated carbocycles. The number of anilines is 1. The lowest BCUT2D eigenvalue weighted by Gasteiger charge is -2.36. The highest BCUT2D eigenvalue weighted by Crippen LogP contribution is 2.38. The standard InChI is InChI=1S/C22H23N5OS/c28-22-26(15-6-1-2-7-15)18-9-5-11-23-20(18)27(22)16-12-14(13-16)24-21-25-17-8-3-4-10-19(17)29-21/h3-5,8-11,14-16H,1-2,6-7,12-13H2,(H,24,25)/t14-,16-. The number of rotatable bonds is 4. The second-order valence-electron chi connectivity index (χ2n) is 8.26. The Bertz CT molecular complexity index is 1210. The summed E-state index contributed by atoms with van der Waals surface area (Å²) in [4.78, 5) is 22.6. The fraction of sp³-hybridized carbons (Fsp3) is 0.409. The third-order valence-corrected chi connectivity index (χ3v) is 7.42. The Kier molecular flexibility index (Phi) is 3.97. The van der Waals surface area contributed by atoms with Gasteiger partial charge in [-0.3, -0.25) is 9.13 Å². The van der Waals surface area contributed by atoms with Crippen molar-refractivity contribution in [1.29, 1.82) is 0 Å². The molecule has 0 aliphatic heterocycles. The van der Waals surface area contributed by atoms with Gasteiger partial charge >= 0.3 is 5.69 Å². The third-order valence-electron chi connectivity index (χ3n) is 6.46. The van der Waals surface area contributed by atoms with E-state index >= 15 is 0 Å². The summed E-state index contributed by atoms with van der Waals surface area (Å²) < 4.78 is 5.17. The number of benzene rings is 1. The van der Waals surface area contributed by atoms with E-state index in [1.165, 1.54) is 17.5 Å². The van der Waals surface area contributed by atoms with Gasteiger partial charge in [0.05, 0.1) is 15.7 Å². The zero-order valence-corrected chi connectivity index (χ0v) is 16.9. The Morgan fingerprint density at radius 2 is 1.83 bits per heavy atom. The van der Waals surface area contributed by atoms with Crippen LogP contribution in [0, 0.1) is 0 Å². The van der Waals surface area contributed by atoms with E-state index in [-0.39, 0.29) is 11.7 Å². The first-order valence-corrected chi connectivity index (χ1v) is 11.3. The molecule has 0 bridgehead atoms. The van der Waals surface area contributed by atoms with Gasteiger partial charge in [-0.15, -0.1) is 0 Å². The molecule has 0 amide bonds. The lowest BCUT2D eigenvalue weighted by molar-refractivity contribution is 0.278. The summed E-state index contributed by atoms with van der Waals surface area (Å²) in [5.41, 5.74) is 2.99. The largest absolute Gasteiger partial charge is 0.359 e. The molecule has 4 aromatic rings. The number of hydrogen-bond acceptors (Lipinski definition) is 5. The van der Waals surface area contributed by atoms with Gasteiger partial charge in [-0.2, -0.15) is 0 Å². The minimum atomic E-state index is 0.119. The summed E-state index contributed by atoms with van der Waals surface area (Å²) in [7, 11) is 0. The Labute approximate surface area is 172 Å². The van der Waals surface area contributed by atoms with Gasteiger partial charge in [-0.1, -0.05) is 36.3 Å². The molecule has 7 heteroatoms. The lowest BCUT2D eigenvalue weighted by Crippen LogP contribution is -2.41.